The molecule has 0 saturated carbocycles. The molecule has 20 heavy (non-hydrogen) atoms. The molecule has 2 aromatic rings. The van der Waals surface area contributed by atoms with Crippen LogP contribution < -0.4 is 11.1 Å². The molecule has 0 aliphatic carbocycles. The molecule has 0 aliphatic heterocycles. The van der Waals surface area contributed by atoms with Crippen LogP contribution in [0.2, 0.25) is 10.0 Å². The summed E-state index contributed by atoms with van der Waals surface area (Å²) < 4.78 is 0. The molecule has 0 atom stereocenters. The van der Waals surface area contributed by atoms with Crippen molar-refractivity contribution >= 4 is 34.8 Å². The maximum Gasteiger partial charge on any atom is 0.248 e. The minimum atomic E-state index is -0.532. The number of benzene rings is 2. The number of anilines is 1. The van der Waals surface area contributed by atoms with Crippen LogP contribution in [0, 0.1) is 0 Å². The van der Waals surface area contributed by atoms with Crippen LogP contribution in [0.1, 0.15) is 15.9 Å². The number of nitrogens with one attached hydrogen (secondary N) is 1. The first-order chi connectivity index (χ1) is 9.47. The molecule has 0 radical (unpaired) electrons. The van der Waals surface area contributed by atoms with Crippen LogP contribution in [0.15, 0.2) is 36.4 Å². The Hall–Kier alpha value is -1.91. The fourth-order valence-corrected chi connectivity index (χ4v) is 2.08. The molecule has 0 fully saturated rings. The summed E-state index contributed by atoms with van der Waals surface area (Å²) in [6.07, 6.45) is 0. The second kappa shape index (κ2) is 6.03. The zero-order chi connectivity index (χ0) is 14.7. The van der Waals surface area contributed by atoms with Gasteiger partial charge >= 0.3 is 0 Å². The number of phenolic OH excluding ortho intramolecular Hbond substituents is 1. The van der Waals surface area contributed by atoms with Crippen molar-refractivity contribution < 1.29 is 9.90 Å². The fourth-order valence-electron chi connectivity index (χ4n) is 1.70. The number of aromatic hydroxyl groups is 1. The molecule has 104 valence electrons. The van der Waals surface area contributed by atoms with Crippen LogP contribution in [0.5, 0.6) is 5.75 Å². The third-order valence-electron chi connectivity index (χ3n) is 2.76. The first-order valence-corrected chi connectivity index (χ1v) is 6.53. The molecule has 0 heterocycles. The van der Waals surface area contributed by atoms with E-state index in [2.05, 4.69) is 5.32 Å². The Kier molecular flexibility index (Phi) is 4.37. The van der Waals surface area contributed by atoms with E-state index < -0.39 is 5.91 Å². The van der Waals surface area contributed by atoms with E-state index in [0.717, 1.165) is 0 Å². The lowest BCUT2D eigenvalue weighted by Crippen LogP contribution is -2.11. The second-order valence-electron chi connectivity index (χ2n) is 4.19. The van der Waals surface area contributed by atoms with Crippen LogP contribution in [-0.2, 0) is 6.54 Å². The zero-order valence-electron chi connectivity index (χ0n) is 10.4. The molecule has 1 amide bonds. The van der Waals surface area contributed by atoms with Crippen LogP contribution in [0.4, 0.5) is 5.69 Å². The zero-order valence-corrected chi connectivity index (χ0v) is 11.9. The number of hydrogen-bond donors (Lipinski definition) is 3. The average molecular weight is 311 g/mol. The number of phenols is 1. The van der Waals surface area contributed by atoms with Crippen molar-refractivity contribution in [1.82, 2.24) is 0 Å². The summed E-state index contributed by atoms with van der Waals surface area (Å²) in [5, 5.41) is 13.7. The van der Waals surface area contributed by atoms with E-state index >= 15 is 0 Å². The summed E-state index contributed by atoms with van der Waals surface area (Å²) >= 11 is 11.9. The Labute approximate surface area is 126 Å². The molecule has 0 unspecified atom stereocenters. The van der Waals surface area contributed by atoms with Crippen LogP contribution in [0.3, 0.4) is 0 Å². The van der Waals surface area contributed by atoms with E-state index in [4.69, 9.17) is 28.9 Å². The Bertz CT molecular complexity index is 660. The van der Waals surface area contributed by atoms with Crippen molar-refractivity contribution in [3.63, 3.8) is 0 Å². The largest absolute Gasteiger partial charge is 0.508 e. The standard InChI is InChI=1S/C14H12Cl2N2O2/c15-10-2-4-13(19)9(5-10)7-18-12-6-8(14(17)20)1-3-11(12)16/h1-6,18-19H,7H2,(H2,17,20). The van der Waals surface area contributed by atoms with E-state index in [1.54, 1.807) is 30.3 Å². The summed E-state index contributed by atoms with van der Waals surface area (Å²) in [4.78, 5) is 11.1. The van der Waals surface area contributed by atoms with Gasteiger partial charge < -0.3 is 16.2 Å². The van der Waals surface area contributed by atoms with Gasteiger partial charge in [-0.2, -0.15) is 0 Å². The SMILES string of the molecule is NC(=O)c1ccc(Cl)c(NCc2cc(Cl)ccc2O)c1. The molecule has 0 spiro atoms. The number of nitrogens with two attached hydrogens (primary N) is 1. The van der Waals surface area contributed by atoms with Crippen molar-refractivity contribution in [2.24, 2.45) is 5.73 Å². The highest BCUT2D eigenvalue weighted by Gasteiger charge is 2.07. The molecule has 2 aromatic carbocycles. The van der Waals surface area contributed by atoms with Gasteiger partial charge in [-0.15, -0.1) is 0 Å². The van der Waals surface area contributed by atoms with Gasteiger partial charge in [-0.25, -0.2) is 0 Å². The van der Waals surface area contributed by atoms with Crippen LogP contribution in [-0.4, -0.2) is 11.0 Å². The summed E-state index contributed by atoms with van der Waals surface area (Å²) in [6.45, 7) is 0.314. The minimum Gasteiger partial charge on any atom is -0.508 e. The lowest BCUT2D eigenvalue weighted by atomic mass is 10.1. The molecule has 0 saturated heterocycles. The molecule has 0 aliphatic rings. The van der Waals surface area contributed by atoms with Gasteiger partial charge in [0.25, 0.3) is 0 Å². The van der Waals surface area contributed by atoms with Crippen molar-refractivity contribution in [3.05, 3.63) is 57.6 Å². The minimum absolute atomic E-state index is 0.129. The molecule has 4 nitrogen and oxygen atoms in total. The average Bonchev–Trinajstić information content (AvgIpc) is 2.41. The van der Waals surface area contributed by atoms with Crippen LogP contribution >= 0.6 is 23.2 Å². The van der Waals surface area contributed by atoms with E-state index in [-0.39, 0.29) is 5.75 Å². The number of halogens is 2. The van der Waals surface area contributed by atoms with Gasteiger partial charge in [0.15, 0.2) is 0 Å². The van der Waals surface area contributed by atoms with Gasteiger partial charge in [-0.05, 0) is 36.4 Å². The Morgan fingerprint density at radius 1 is 1.20 bits per heavy atom. The van der Waals surface area contributed by atoms with Crippen molar-refractivity contribution in [1.29, 1.82) is 0 Å². The molecule has 2 rings (SSSR count). The van der Waals surface area contributed by atoms with Gasteiger partial charge in [0.05, 0.1) is 10.7 Å². The molecular formula is C14H12Cl2N2O2. The lowest BCUT2D eigenvalue weighted by molar-refractivity contribution is 0.100. The lowest BCUT2D eigenvalue weighted by Gasteiger charge is -2.11. The van der Waals surface area contributed by atoms with E-state index in [1.807, 2.05) is 0 Å². The maximum absolute atomic E-state index is 11.1. The van der Waals surface area contributed by atoms with E-state index in [0.29, 0.717) is 33.4 Å². The van der Waals surface area contributed by atoms with Crippen molar-refractivity contribution in [3.8, 4) is 5.75 Å². The number of rotatable bonds is 4. The smallest absolute Gasteiger partial charge is 0.248 e. The third kappa shape index (κ3) is 3.35. The normalized spacial score (nSPS) is 10.3. The summed E-state index contributed by atoms with van der Waals surface area (Å²) in [5.41, 5.74) is 6.75. The molecule has 0 aromatic heterocycles. The highest BCUT2D eigenvalue weighted by Crippen LogP contribution is 2.26. The Balaban J connectivity index is 2.20. The van der Waals surface area contributed by atoms with E-state index in [9.17, 15) is 9.90 Å². The van der Waals surface area contributed by atoms with Crippen molar-refractivity contribution in [2.75, 3.05) is 5.32 Å². The number of hydrogen-bond acceptors (Lipinski definition) is 3. The monoisotopic (exact) mass is 310 g/mol. The molecule has 6 heteroatoms. The summed E-state index contributed by atoms with van der Waals surface area (Å²) in [7, 11) is 0. The molecule has 0 bridgehead atoms. The summed E-state index contributed by atoms with van der Waals surface area (Å²) in [5.74, 6) is -0.403. The summed E-state index contributed by atoms with van der Waals surface area (Å²) in [6, 6.07) is 9.46. The van der Waals surface area contributed by atoms with Crippen molar-refractivity contribution in [2.45, 2.75) is 6.54 Å². The highest BCUT2D eigenvalue weighted by molar-refractivity contribution is 6.33. The fraction of sp³-hybridized carbons (Fsp3) is 0.0714. The highest BCUT2D eigenvalue weighted by atomic mass is 35.5. The first-order valence-electron chi connectivity index (χ1n) is 5.78. The number of carbonyl (C=O) groups is 1. The number of primary amides is 1. The second-order valence-corrected chi connectivity index (χ2v) is 5.03. The predicted octanol–water partition coefficient (Wildman–Crippen LogP) is 3.41. The molecule has 4 N–H and O–H groups in total. The predicted molar refractivity (Wildman–Crippen MR) is 80.4 cm³/mol. The number of carbonyl (C=O) groups excluding carboxylic acids is 1. The van der Waals surface area contributed by atoms with Gasteiger partial charge in [0, 0.05) is 22.7 Å². The van der Waals surface area contributed by atoms with E-state index in [1.165, 1.54) is 6.07 Å². The van der Waals surface area contributed by atoms with Crippen LogP contribution in [0.25, 0.3) is 0 Å². The van der Waals surface area contributed by atoms with Gasteiger partial charge in [0.2, 0.25) is 5.91 Å². The Morgan fingerprint density at radius 3 is 2.65 bits per heavy atom. The van der Waals surface area contributed by atoms with Gasteiger partial charge in [0.1, 0.15) is 5.75 Å². The maximum atomic E-state index is 11.1. The van der Waals surface area contributed by atoms with Gasteiger partial charge in [-0.3, -0.25) is 4.79 Å². The Morgan fingerprint density at radius 2 is 1.95 bits per heavy atom. The number of amides is 1. The molecular weight excluding hydrogens is 299 g/mol. The third-order valence-corrected chi connectivity index (χ3v) is 3.33. The first kappa shape index (κ1) is 14.5. The topological polar surface area (TPSA) is 75.4 Å². The quantitative estimate of drug-likeness (QED) is 0.810. The van der Waals surface area contributed by atoms with Gasteiger partial charge in [-0.1, -0.05) is 23.2 Å².